The normalized spacial score (nSPS) is 19.5. The minimum absolute atomic E-state index is 0.0265. The van der Waals surface area contributed by atoms with Crippen molar-refractivity contribution >= 4 is 66.5 Å². The third-order valence-electron chi connectivity index (χ3n) is 12.9. The summed E-state index contributed by atoms with van der Waals surface area (Å²) in [5.41, 5.74) is 2.94. The van der Waals surface area contributed by atoms with Crippen molar-refractivity contribution in [2.24, 2.45) is 5.92 Å². The van der Waals surface area contributed by atoms with Crippen LogP contribution in [0.15, 0.2) is 30.5 Å². The molecule has 0 spiro atoms. The second-order valence-corrected chi connectivity index (χ2v) is 22.2. The smallest absolute Gasteiger partial charge is 0.267 e. The molecule has 2 saturated heterocycles. The molecule has 0 bridgehead atoms. The molecule has 4 atom stereocenters. The van der Waals surface area contributed by atoms with Gasteiger partial charge in [0.05, 0.1) is 63.9 Å². The fraction of sp³-hybridized carbons (Fsp3) is 0.646. The van der Waals surface area contributed by atoms with Crippen LogP contribution >= 0.6 is 11.6 Å². The standard InChI is InChI=1S/C48H70ClN9O12S2/c1-4-22-67-24-26-69-28-29-70-27-25-68-23-14-45(59)51-43(34-72(64,65)66)48(61)56-20-18-55(19-21-56)16-8-15-50-37-13-17-57(33-37)47-35(2)32-58-44(52-47)31-41(53-58)38-9-6-5-7-10-39(38)46(60)40-12-11-36(49)30-42(40)54-71(3,62)63/h1,11-12,30-32,37-39,43,50,54H,5-10,13-29,33-34H2,2-3H3,(H,51,59)(H,64,65,66)/t37-,38?,39-,43-/m0/s1. The van der Waals surface area contributed by atoms with Crippen molar-refractivity contribution in [3.63, 3.8) is 0 Å². The monoisotopic (exact) mass is 1060 g/mol. The largest absolute Gasteiger partial charge is 0.379 e. The number of sulfonamides is 1. The number of rotatable bonds is 28. The molecule has 72 heavy (non-hydrogen) atoms. The number of benzene rings is 1. The van der Waals surface area contributed by atoms with E-state index in [0.29, 0.717) is 75.3 Å². The summed E-state index contributed by atoms with van der Waals surface area (Å²) in [6, 6.07) is 5.48. The van der Waals surface area contributed by atoms with Gasteiger partial charge in [-0.3, -0.25) is 28.6 Å². The lowest BCUT2D eigenvalue weighted by molar-refractivity contribution is -0.137. The Hall–Kier alpha value is -4.48. The molecule has 1 unspecified atom stereocenters. The number of hydrogen-bond acceptors (Lipinski definition) is 16. The number of carbonyl (C=O) groups excluding carboxylic acids is 3. The highest BCUT2D eigenvalue weighted by atomic mass is 35.5. The van der Waals surface area contributed by atoms with Gasteiger partial charge in [0.1, 0.15) is 24.2 Å². The van der Waals surface area contributed by atoms with Gasteiger partial charge in [-0.15, -0.1) is 6.42 Å². The topological polar surface area (TPSA) is 253 Å². The summed E-state index contributed by atoms with van der Waals surface area (Å²) in [5.74, 6) is 0.468. The van der Waals surface area contributed by atoms with Crippen molar-refractivity contribution in [3.8, 4) is 12.3 Å². The fourth-order valence-electron chi connectivity index (χ4n) is 9.46. The second kappa shape index (κ2) is 27.7. The first-order chi connectivity index (χ1) is 34.5. The highest BCUT2D eigenvalue weighted by Gasteiger charge is 2.36. The summed E-state index contributed by atoms with van der Waals surface area (Å²) < 4.78 is 83.2. The van der Waals surface area contributed by atoms with Crippen LogP contribution in [0, 0.1) is 25.2 Å². The summed E-state index contributed by atoms with van der Waals surface area (Å²) >= 11 is 6.22. The Labute approximate surface area is 428 Å². The molecule has 4 heterocycles. The summed E-state index contributed by atoms with van der Waals surface area (Å²) in [5, 5.41) is 11.5. The average Bonchev–Trinajstić information content (AvgIpc) is 3.89. The molecule has 1 saturated carbocycles. The summed E-state index contributed by atoms with van der Waals surface area (Å²) in [6.07, 6.45) is 14.1. The summed E-state index contributed by atoms with van der Waals surface area (Å²) in [7, 11) is -8.23. The van der Waals surface area contributed by atoms with E-state index in [0.717, 1.165) is 88.0 Å². The minimum atomic E-state index is -4.57. The van der Waals surface area contributed by atoms with E-state index in [-0.39, 0.29) is 56.3 Å². The average molecular weight is 1060 g/mol. The van der Waals surface area contributed by atoms with E-state index in [2.05, 4.69) is 31.1 Å². The van der Waals surface area contributed by atoms with Crippen molar-refractivity contribution in [3.05, 3.63) is 52.3 Å². The van der Waals surface area contributed by atoms with E-state index in [9.17, 15) is 35.8 Å². The van der Waals surface area contributed by atoms with Gasteiger partial charge in [-0.05, 0) is 63.9 Å². The third-order valence-corrected chi connectivity index (χ3v) is 14.5. The number of ether oxygens (including phenoxy) is 4. The molecule has 4 N–H and O–H groups in total. The lowest BCUT2D eigenvalue weighted by Gasteiger charge is -2.36. The van der Waals surface area contributed by atoms with Crippen LogP contribution in [0.25, 0.3) is 5.65 Å². The Morgan fingerprint density at radius 1 is 0.917 bits per heavy atom. The van der Waals surface area contributed by atoms with Crippen LogP contribution in [-0.2, 0) is 48.7 Å². The number of halogens is 1. The highest BCUT2D eigenvalue weighted by Crippen LogP contribution is 2.40. The van der Waals surface area contributed by atoms with Gasteiger partial charge >= 0.3 is 0 Å². The molecule has 3 aromatic rings. The van der Waals surface area contributed by atoms with Gasteiger partial charge in [0.2, 0.25) is 21.8 Å². The van der Waals surface area contributed by atoms with Crippen LogP contribution in [-0.4, -0.2) is 193 Å². The number of anilines is 2. The molecule has 0 radical (unpaired) electrons. The molecular formula is C48H70ClN9O12S2. The number of hydrogen-bond donors (Lipinski definition) is 4. The first-order valence-electron chi connectivity index (χ1n) is 24.6. The number of nitrogens with one attached hydrogen (secondary N) is 3. The number of fused-ring (bicyclic) bond motifs is 1. The molecule has 24 heteroatoms. The van der Waals surface area contributed by atoms with Gasteiger partial charge in [0.15, 0.2) is 11.4 Å². The van der Waals surface area contributed by atoms with Gasteiger partial charge in [-0.2, -0.15) is 13.5 Å². The molecule has 6 rings (SSSR count). The molecule has 2 aliphatic heterocycles. The number of carbonyl (C=O) groups is 3. The van der Waals surface area contributed by atoms with Crippen LogP contribution in [0.2, 0.25) is 5.02 Å². The number of aromatic nitrogens is 3. The van der Waals surface area contributed by atoms with Crippen molar-refractivity contribution in [1.29, 1.82) is 0 Å². The lowest BCUT2D eigenvalue weighted by atomic mass is 9.80. The van der Waals surface area contributed by atoms with Crippen molar-refractivity contribution in [2.45, 2.75) is 76.3 Å². The summed E-state index contributed by atoms with van der Waals surface area (Å²) in [6.45, 7) is 9.34. The Balaban J connectivity index is 0.915. The summed E-state index contributed by atoms with van der Waals surface area (Å²) in [4.78, 5) is 51.5. The van der Waals surface area contributed by atoms with E-state index in [1.165, 1.54) is 11.0 Å². The van der Waals surface area contributed by atoms with Crippen LogP contribution in [0.5, 0.6) is 0 Å². The Morgan fingerprint density at radius 3 is 2.31 bits per heavy atom. The number of aryl methyl sites for hydroxylation is 1. The Kier molecular flexibility index (Phi) is 21.9. The Bertz CT molecular complexity index is 2550. The number of terminal acetylenes is 1. The quantitative estimate of drug-likeness (QED) is 0.0268. The minimum Gasteiger partial charge on any atom is -0.379 e. The maximum atomic E-state index is 14.3. The van der Waals surface area contributed by atoms with Crippen LogP contribution in [0.3, 0.4) is 0 Å². The molecule has 3 fully saturated rings. The van der Waals surface area contributed by atoms with E-state index in [4.69, 9.17) is 47.1 Å². The zero-order valence-electron chi connectivity index (χ0n) is 41.3. The third kappa shape index (κ3) is 17.9. The van der Waals surface area contributed by atoms with Gasteiger partial charge in [0.25, 0.3) is 10.1 Å². The van der Waals surface area contributed by atoms with Gasteiger partial charge < -0.3 is 39.4 Å². The molecule has 1 aromatic carbocycles. The molecular weight excluding hydrogens is 994 g/mol. The zero-order chi connectivity index (χ0) is 51.7. The van der Waals surface area contributed by atoms with Crippen molar-refractivity contribution < 1.29 is 54.7 Å². The first-order valence-corrected chi connectivity index (χ1v) is 28.5. The molecule has 21 nitrogen and oxygen atoms in total. The number of ketones is 1. The molecule has 398 valence electrons. The highest BCUT2D eigenvalue weighted by molar-refractivity contribution is 7.92. The maximum absolute atomic E-state index is 14.3. The van der Waals surface area contributed by atoms with Crippen molar-refractivity contribution in [2.75, 3.05) is 127 Å². The van der Waals surface area contributed by atoms with Gasteiger partial charge in [-0.25, -0.2) is 17.9 Å². The van der Waals surface area contributed by atoms with Gasteiger partial charge in [0, 0.05) is 92.0 Å². The molecule has 3 aliphatic rings. The van der Waals surface area contributed by atoms with Crippen LogP contribution in [0.4, 0.5) is 11.5 Å². The number of nitrogens with zero attached hydrogens (tertiary/aromatic N) is 6. The number of Topliss-reactive ketones (excluding diaryl/α,β-unsaturated/α-hetero) is 1. The number of piperazine rings is 1. The SMILES string of the molecule is C#CCOCCOCCOCCOCCC(=O)N[C@@H](CS(=O)(=O)O)C(=O)N1CCN(CCCN[C@H]2CCN(c3nc4cc(C5CCCCC[C@@H]5C(=O)c5ccc(Cl)cc5NS(C)(=O)=O)nn4cc3C)C2)CC1. The Morgan fingerprint density at radius 2 is 1.61 bits per heavy atom. The van der Waals surface area contributed by atoms with E-state index < -0.39 is 49.7 Å². The molecule has 1 aliphatic carbocycles. The van der Waals surface area contributed by atoms with Crippen molar-refractivity contribution in [1.82, 2.24) is 35.0 Å². The predicted molar refractivity (Wildman–Crippen MR) is 273 cm³/mol. The fourth-order valence-corrected chi connectivity index (χ4v) is 10.8. The zero-order valence-corrected chi connectivity index (χ0v) is 43.7. The van der Waals surface area contributed by atoms with E-state index in [1.807, 2.05) is 19.2 Å². The maximum Gasteiger partial charge on any atom is 0.267 e. The number of amides is 2. The first kappa shape index (κ1) is 56.8. The van der Waals surface area contributed by atoms with E-state index >= 15 is 0 Å². The van der Waals surface area contributed by atoms with Gasteiger partial charge in [-0.1, -0.05) is 36.8 Å². The molecule has 2 aromatic heterocycles. The van der Waals surface area contributed by atoms with Crippen LogP contribution < -0.4 is 20.3 Å². The lowest BCUT2D eigenvalue weighted by Crippen LogP contribution is -2.56. The predicted octanol–water partition coefficient (Wildman–Crippen LogP) is 2.77. The second-order valence-electron chi connectivity index (χ2n) is 18.5. The molecule has 2 amide bonds. The van der Waals surface area contributed by atoms with Crippen LogP contribution in [0.1, 0.15) is 78.9 Å². The van der Waals surface area contributed by atoms with E-state index in [1.54, 1.807) is 16.6 Å².